The second-order valence-electron chi connectivity index (χ2n) is 2.70. The first-order valence-corrected chi connectivity index (χ1v) is 5.34. The number of anilines is 1. The van der Waals surface area contributed by atoms with Crippen LogP contribution >= 0.6 is 23.2 Å². The Morgan fingerprint density at radius 2 is 2.18 bits per heavy atom. The first kappa shape index (κ1) is 16.6. The van der Waals surface area contributed by atoms with Crippen LogP contribution in [-0.4, -0.2) is 48.1 Å². The quantitative estimate of drug-likeness (QED) is 0.514. The van der Waals surface area contributed by atoms with Gasteiger partial charge in [0.15, 0.2) is 6.61 Å². The zero-order chi connectivity index (χ0) is 11.8. The zero-order valence-electron chi connectivity index (χ0n) is 8.30. The molecule has 1 rings (SSSR count). The summed E-state index contributed by atoms with van der Waals surface area (Å²) in [5.41, 5.74) is 0.572. The predicted octanol–water partition coefficient (Wildman–Crippen LogP) is 2.48. The first-order valence-electron chi connectivity index (χ1n) is 4.43. The van der Waals surface area contributed by atoms with Gasteiger partial charge in [-0.2, -0.15) is 0 Å². The van der Waals surface area contributed by atoms with E-state index in [-0.39, 0.29) is 42.0 Å². The van der Waals surface area contributed by atoms with Gasteiger partial charge in [-0.15, -0.1) is 11.6 Å². The Hall–Kier alpha value is -0.370. The number of halogens is 2. The second-order valence-corrected chi connectivity index (χ2v) is 3.40. The molecule has 3 nitrogen and oxygen atoms in total. The molecule has 1 aromatic rings. The topological polar surface area (TPSA) is 38.3 Å². The standard InChI is InChI=1S/C11H9Cl2NO2.Na.H/c12-6-1-2-7-16-11(15)14-10-5-3-4-9(13)8-10;;/h3-5,8H,6-7H2,(H,14,15);;. The SMILES string of the molecule is O=C(Nc1cccc(Cl)c1)OCC#CCCl.[NaH]. The van der Waals surface area contributed by atoms with E-state index in [0.717, 1.165) is 0 Å². The van der Waals surface area contributed by atoms with Gasteiger partial charge in [0, 0.05) is 10.7 Å². The molecule has 0 saturated heterocycles. The van der Waals surface area contributed by atoms with Gasteiger partial charge in [-0.25, -0.2) is 4.79 Å². The van der Waals surface area contributed by atoms with Gasteiger partial charge < -0.3 is 4.74 Å². The molecule has 6 heteroatoms. The number of ether oxygens (including phenoxy) is 1. The molecule has 0 spiro atoms. The number of alkyl halides is 1. The summed E-state index contributed by atoms with van der Waals surface area (Å²) in [7, 11) is 0. The Bertz CT molecular complexity index is 429. The minimum atomic E-state index is -0.578. The molecule has 1 N–H and O–H groups in total. The van der Waals surface area contributed by atoms with Crippen molar-refractivity contribution < 1.29 is 9.53 Å². The van der Waals surface area contributed by atoms with Gasteiger partial charge >= 0.3 is 35.7 Å². The summed E-state index contributed by atoms with van der Waals surface area (Å²) in [4.78, 5) is 11.2. The number of rotatable bonds is 2. The van der Waals surface area contributed by atoms with Crippen molar-refractivity contribution in [3.63, 3.8) is 0 Å². The van der Waals surface area contributed by atoms with Crippen molar-refractivity contribution in [1.29, 1.82) is 0 Å². The van der Waals surface area contributed by atoms with Crippen LogP contribution < -0.4 is 5.32 Å². The van der Waals surface area contributed by atoms with E-state index in [1.807, 2.05) is 0 Å². The van der Waals surface area contributed by atoms with Crippen molar-refractivity contribution in [3.05, 3.63) is 29.3 Å². The Labute approximate surface area is 132 Å². The van der Waals surface area contributed by atoms with E-state index < -0.39 is 6.09 Å². The number of carbonyl (C=O) groups is 1. The number of hydrogen-bond donors (Lipinski definition) is 1. The molecular formula is C11H10Cl2NNaO2. The van der Waals surface area contributed by atoms with Crippen molar-refractivity contribution >= 4 is 64.5 Å². The monoisotopic (exact) mass is 281 g/mol. The van der Waals surface area contributed by atoms with Crippen molar-refractivity contribution in [1.82, 2.24) is 0 Å². The summed E-state index contributed by atoms with van der Waals surface area (Å²) in [6.07, 6.45) is -0.578. The molecule has 0 aliphatic heterocycles. The molecule has 17 heavy (non-hydrogen) atoms. The fourth-order valence-electron chi connectivity index (χ4n) is 0.920. The summed E-state index contributed by atoms with van der Waals surface area (Å²) >= 11 is 11.1. The van der Waals surface area contributed by atoms with E-state index in [2.05, 4.69) is 17.2 Å². The molecule has 0 atom stereocenters. The minimum absolute atomic E-state index is 0. The molecule has 0 aliphatic rings. The number of benzene rings is 1. The van der Waals surface area contributed by atoms with E-state index in [4.69, 9.17) is 27.9 Å². The van der Waals surface area contributed by atoms with Crippen LogP contribution in [0.15, 0.2) is 24.3 Å². The third-order valence-corrected chi connectivity index (χ3v) is 1.91. The third-order valence-electron chi connectivity index (χ3n) is 1.54. The van der Waals surface area contributed by atoms with Crippen LogP contribution in [0.2, 0.25) is 5.02 Å². The summed E-state index contributed by atoms with van der Waals surface area (Å²) < 4.78 is 4.76. The van der Waals surface area contributed by atoms with E-state index >= 15 is 0 Å². The van der Waals surface area contributed by atoms with E-state index in [1.165, 1.54) is 0 Å². The Kier molecular flexibility index (Phi) is 9.43. The van der Waals surface area contributed by atoms with Gasteiger partial charge in [0.2, 0.25) is 0 Å². The maximum atomic E-state index is 11.2. The summed E-state index contributed by atoms with van der Waals surface area (Å²) in [5.74, 6) is 5.36. The Balaban J connectivity index is 0.00000256. The molecule has 0 heterocycles. The van der Waals surface area contributed by atoms with Crippen LogP contribution in [0.5, 0.6) is 0 Å². The van der Waals surface area contributed by atoms with Crippen LogP contribution in [0.25, 0.3) is 0 Å². The summed E-state index contributed by atoms with van der Waals surface area (Å²) in [6.45, 7) is 0.0130. The van der Waals surface area contributed by atoms with Gasteiger partial charge in [0.1, 0.15) is 0 Å². The van der Waals surface area contributed by atoms with Gasteiger partial charge in [-0.1, -0.05) is 29.5 Å². The number of carbonyl (C=O) groups excluding carboxylic acids is 1. The molecule has 0 radical (unpaired) electrons. The van der Waals surface area contributed by atoms with E-state index in [9.17, 15) is 4.79 Å². The fourth-order valence-corrected chi connectivity index (χ4v) is 1.20. The van der Waals surface area contributed by atoms with Crippen molar-refractivity contribution in [2.24, 2.45) is 0 Å². The normalized spacial score (nSPS) is 8.35. The number of amides is 1. The predicted molar refractivity (Wildman–Crippen MR) is 72.1 cm³/mol. The average Bonchev–Trinajstić information content (AvgIpc) is 2.24. The molecule has 1 aromatic carbocycles. The van der Waals surface area contributed by atoms with Gasteiger partial charge in [0.05, 0.1) is 5.88 Å². The van der Waals surface area contributed by atoms with Crippen LogP contribution in [0.3, 0.4) is 0 Å². The van der Waals surface area contributed by atoms with Gasteiger partial charge in [-0.3, -0.25) is 5.32 Å². The number of hydrogen-bond acceptors (Lipinski definition) is 2. The number of nitrogens with one attached hydrogen (secondary N) is 1. The molecule has 1 amide bonds. The molecule has 86 valence electrons. The molecule has 0 aromatic heterocycles. The van der Waals surface area contributed by atoms with Crippen LogP contribution in [0, 0.1) is 11.8 Å². The van der Waals surface area contributed by atoms with Crippen molar-refractivity contribution in [2.75, 3.05) is 17.8 Å². The van der Waals surface area contributed by atoms with Gasteiger partial charge in [0.25, 0.3) is 0 Å². The Morgan fingerprint density at radius 1 is 1.41 bits per heavy atom. The summed E-state index contributed by atoms with van der Waals surface area (Å²) in [5, 5.41) is 3.05. The first-order chi connectivity index (χ1) is 7.72. The van der Waals surface area contributed by atoms with Crippen LogP contribution in [-0.2, 0) is 4.74 Å². The zero-order valence-corrected chi connectivity index (χ0v) is 9.81. The second kappa shape index (κ2) is 9.64. The third kappa shape index (κ3) is 7.54. The maximum absolute atomic E-state index is 11.2. The average molecular weight is 282 g/mol. The molecule has 0 fully saturated rings. The molecule has 0 saturated carbocycles. The Morgan fingerprint density at radius 3 is 2.82 bits per heavy atom. The van der Waals surface area contributed by atoms with Crippen LogP contribution in [0.1, 0.15) is 0 Å². The van der Waals surface area contributed by atoms with Crippen molar-refractivity contribution in [2.45, 2.75) is 0 Å². The van der Waals surface area contributed by atoms with E-state index in [1.54, 1.807) is 24.3 Å². The van der Waals surface area contributed by atoms with Gasteiger partial charge in [-0.05, 0) is 18.2 Å². The van der Waals surface area contributed by atoms with E-state index in [0.29, 0.717) is 10.7 Å². The molecule has 0 aliphatic carbocycles. The molecular weight excluding hydrogens is 272 g/mol. The van der Waals surface area contributed by atoms with Crippen LogP contribution in [0.4, 0.5) is 10.5 Å². The fraction of sp³-hybridized carbons (Fsp3) is 0.182. The molecule has 0 bridgehead atoms. The molecule has 0 unspecified atom stereocenters. The summed E-state index contributed by atoms with van der Waals surface area (Å²) in [6, 6.07) is 6.76. The van der Waals surface area contributed by atoms with Crippen molar-refractivity contribution in [3.8, 4) is 11.8 Å².